The van der Waals surface area contributed by atoms with Crippen LogP contribution in [0.15, 0.2) is 71.0 Å². The van der Waals surface area contributed by atoms with Crippen molar-refractivity contribution in [1.82, 2.24) is 14.3 Å². The molecule has 8 heteroatoms. The molecule has 31 heavy (non-hydrogen) atoms. The van der Waals surface area contributed by atoms with Gasteiger partial charge in [-0.25, -0.2) is 9.37 Å². The molecular weight excluding hydrogens is 415 g/mol. The smallest absolute Gasteiger partial charge is 0.271 e. The Morgan fingerprint density at radius 3 is 2.39 bits per heavy atom. The van der Waals surface area contributed by atoms with Gasteiger partial charge in [0.2, 0.25) is 0 Å². The van der Waals surface area contributed by atoms with Crippen molar-refractivity contribution in [1.29, 1.82) is 0 Å². The molecule has 0 spiro atoms. The minimum Gasteiger partial charge on any atom is -0.368 e. The molecule has 3 heterocycles. The second kappa shape index (κ2) is 7.96. The summed E-state index contributed by atoms with van der Waals surface area (Å²) >= 11 is 1.37. The zero-order valence-corrected chi connectivity index (χ0v) is 17.4. The summed E-state index contributed by atoms with van der Waals surface area (Å²) < 4.78 is 14.7. The highest BCUT2D eigenvalue weighted by molar-refractivity contribution is 7.15. The van der Waals surface area contributed by atoms with Gasteiger partial charge in [-0.05, 0) is 29.8 Å². The van der Waals surface area contributed by atoms with Crippen LogP contribution in [0.25, 0.3) is 16.2 Å². The number of amides is 1. The fourth-order valence-electron chi connectivity index (χ4n) is 3.84. The van der Waals surface area contributed by atoms with Crippen molar-refractivity contribution in [2.24, 2.45) is 0 Å². The van der Waals surface area contributed by atoms with Crippen molar-refractivity contribution in [3.8, 4) is 11.3 Å². The second-order valence-electron chi connectivity index (χ2n) is 7.34. The maximum Gasteiger partial charge on any atom is 0.271 e. The third kappa shape index (κ3) is 3.59. The molecule has 1 aliphatic heterocycles. The second-order valence-corrected chi connectivity index (χ2v) is 8.17. The Hall–Kier alpha value is -3.52. The van der Waals surface area contributed by atoms with Crippen molar-refractivity contribution in [2.75, 3.05) is 31.1 Å². The molecule has 1 aliphatic rings. The minimum atomic E-state index is -0.351. The lowest BCUT2D eigenvalue weighted by Gasteiger charge is -2.36. The molecule has 0 radical (unpaired) electrons. The average Bonchev–Trinajstić information content (AvgIpc) is 3.25. The zero-order chi connectivity index (χ0) is 21.4. The number of anilines is 1. The molecule has 1 amide bonds. The van der Waals surface area contributed by atoms with Crippen LogP contribution in [-0.4, -0.2) is 46.4 Å². The van der Waals surface area contributed by atoms with Gasteiger partial charge in [0, 0.05) is 43.4 Å². The number of hydrogen-bond donors (Lipinski definition) is 0. The van der Waals surface area contributed by atoms with E-state index in [2.05, 4.69) is 9.88 Å². The highest BCUT2D eigenvalue weighted by atomic mass is 32.1. The zero-order valence-electron chi connectivity index (χ0n) is 16.6. The molecular formula is C23H19FN4O2S. The fourth-order valence-corrected chi connectivity index (χ4v) is 4.70. The van der Waals surface area contributed by atoms with Crippen molar-refractivity contribution in [2.45, 2.75) is 0 Å². The third-order valence-corrected chi connectivity index (χ3v) is 6.34. The van der Waals surface area contributed by atoms with Crippen molar-refractivity contribution in [3.63, 3.8) is 0 Å². The number of aromatic nitrogens is 2. The van der Waals surface area contributed by atoms with Crippen molar-refractivity contribution < 1.29 is 9.18 Å². The van der Waals surface area contributed by atoms with Crippen molar-refractivity contribution >= 4 is 27.9 Å². The molecule has 0 N–H and O–H groups in total. The van der Waals surface area contributed by atoms with E-state index in [0.29, 0.717) is 31.1 Å². The number of carbonyl (C=O) groups excluding carboxylic acids is 1. The molecule has 1 saturated heterocycles. The SMILES string of the molecule is O=C(c1cnc2scc(-c3ccccc3)n2c1=O)N1CCN(c2ccc(F)cc2)CC1. The largest absolute Gasteiger partial charge is 0.368 e. The Balaban J connectivity index is 1.40. The lowest BCUT2D eigenvalue weighted by atomic mass is 10.2. The van der Waals surface area contributed by atoms with Gasteiger partial charge in [0.05, 0.1) is 5.69 Å². The van der Waals surface area contributed by atoms with Crippen LogP contribution in [0, 0.1) is 5.82 Å². The highest BCUT2D eigenvalue weighted by Gasteiger charge is 2.25. The lowest BCUT2D eigenvalue weighted by molar-refractivity contribution is 0.0744. The molecule has 2 aromatic carbocycles. The van der Waals surface area contributed by atoms with Crippen LogP contribution in [0.1, 0.15) is 10.4 Å². The maximum atomic E-state index is 13.2. The van der Waals surface area contributed by atoms with Gasteiger partial charge >= 0.3 is 0 Å². The Bertz CT molecular complexity index is 1290. The molecule has 6 nitrogen and oxygen atoms in total. The first-order valence-corrected chi connectivity index (χ1v) is 10.8. The van der Waals surface area contributed by atoms with E-state index in [9.17, 15) is 14.0 Å². The standard InChI is InChI=1S/C23H19FN4O2S/c24-17-6-8-18(9-7-17)26-10-12-27(13-11-26)21(29)19-14-25-23-28(22(19)30)20(15-31-23)16-4-2-1-3-5-16/h1-9,14-15H,10-13H2. The number of hydrogen-bond acceptors (Lipinski definition) is 5. The van der Waals surface area contributed by atoms with Crippen LogP contribution >= 0.6 is 11.3 Å². The van der Waals surface area contributed by atoms with Gasteiger partial charge in [-0.15, -0.1) is 11.3 Å². The van der Waals surface area contributed by atoms with Gasteiger partial charge in [0.15, 0.2) is 4.96 Å². The number of carbonyl (C=O) groups is 1. The van der Waals surface area contributed by atoms with E-state index < -0.39 is 0 Å². The molecule has 0 atom stereocenters. The van der Waals surface area contributed by atoms with E-state index in [1.807, 2.05) is 35.7 Å². The van der Waals surface area contributed by atoms with Crippen LogP contribution in [0.4, 0.5) is 10.1 Å². The summed E-state index contributed by atoms with van der Waals surface area (Å²) in [6.45, 7) is 2.19. The number of piperazine rings is 1. The number of benzene rings is 2. The van der Waals surface area contributed by atoms with Crippen LogP contribution in [0.3, 0.4) is 0 Å². The molecule has 156 valence electrons. The molecule has 4 aromatic rings. The van der Waals surface area contributed by atoms with E-state index in [0.717, 1.165) is 16.9 Å². The Kier molecular flexibility index (Phi) is 4.99. The molecule has 0 unspecified atom stereocenters. The highest BCUT2D eigenvalue weighted by Crippen LogP contribution is 2.24. The summed E-state index contributed by atoms with van der Waals surface area (Å²) in [6.07, 6.45) is 1.39. The number of halogens is 1. The molecule has 0 saturated carbocycles. The topological polar surface area (TPSA) is 57.9 Å². The van der Waals surface area contributed by atoms with E-state index in [1.165, 1.54) is 34.1 Å². The summed E-state index contributed by atoms with van der Waals surface area (Å²) in [5.41, 5.74) is 2.27. The molecule has 0 bridgehead atoms. The summed E-state index contributed by atoms with van der Waals surface area (Å²) in [5.74, 6) is -0.583. The van der Waals surface area contributed by atoms with Crippen LogP contribution in [0.2, 0.25) is 0 Å². The maximum absolute atomic E-state index is 13.2. The number of fused-ring (bicyclic) bond motifs is 1. The summed E-state index contributed by atoms with van der Waals surface area (Å²) in [4.78, 5) is 35.1. The number of nitrogens with zero attached hydrogens (tertiary/aromatic N) is 4. The van der Waals surface area contributed by atoms with E-state index >= 15 is 0 Å². The Morgan fingerprint density at radius 1 is 0.968 bits per heavy atom. The lowest BCUT2D eigenvalue weighted by Crippen LogP contribution is -2.49. The van der Waals surface area contributed by atoms with E-state index in [4.69, 9.17) is 0 Å². The molecule has 2 aromatic heterocycles. The van der Waals surface area contributed by atoms with Gasteiger partial charge in [-0.1, -0.05) is 30.3 Å². The van der Waals surface area contributed by atoms with Crippen LogP contribution in [-0.2, 0) is 0 Å². The summed E-state index contributed by atoms with van der Waals surface area (Å²) in [7, 11) is 0. The van der Waals surface area contributed by atoms with Crippen LogP contribution < -0.4 is 10.5 Å². The molecule has 0 aliphatic carbocycles. The third-order valence-electron chi connectivity index (χ3n) is 5.50. The normalized spacial score (nSPS) is 14.2. The number of rotatable bonds is 3. The fraction of sp³-hybridized carbons (Fsp3) is 0.174. The minimum absolute atomic E-state index is 0.0725. The average molecular weight is 434 g/mol. The Morgan fingerprint density at radius 2 is 1.68 bits per heavy atom. The number of thiazole rings is 1. The summed E-state index contributed by atoms with van der Waals surface area (Å²) in [6, 6.07) is 15.9. The van der Waals surface area contributed by atoms with Gasteiger partial charge in [-0.3, -0.25) is 14.0 Å². The van der Waals surface area contributed by atoms with Gasteiger partial charge in [0.1, 0.15) is 11.4 Å². The quantitative estimate of drug-likeness (QED) is 0.495. The first kappa shape index (κ1) is 19.4. The summed E-state index contributed by atoms with van der Waals surface area (Å²) in [5, 5.41) is 1.88. The van der Waals surface area contributed by atoms with Gasteiger partial charge in [-0.2, -0.15) is 0 Å². The van der Waals surface area contributed by atoms with Crippen molar-refractivity contribution in [3.05, 3.63) is 87.9 Å². The first-order chi connectivity index (χ1) is 15.1. The van der Waals surface area contributed by atoms with E-state index in [-0.39, 0.29) is 22.8 Å². The first-order valence-electron chi connectivity index (χ1n) is 9.96. The van der Waals surface area contributed by atoms with Gasteiger partial charge in [0.25, 0.3) is 11.5 Å². The van der Waals surface area contributed by atoms with Gasteiger partial charge < -0.3 is 9.80 Å². The molecule has 5 rings (SSSR count). The van der Waals surface area contributed by atoms with E-state index in [1.54, 1.807) is 17.0 Å². The van der Waals surface area contributed by atoms with Crippen LogP contribution in [0.5, 0.6) is 0 Å². The predicted octanol–water partition coefficient (Wildman–Crippen LogP) is 3.52. The predicted molar refractivity (Wildman–Crippen MR) is 119 cm³/mol. The molecule has 1 fully saturated rings. The monoisotopic (exact) mass is 434 g/mol. The Labute approximate surface area is 181 Å².